The van der Waals surface area contributed by atoms with Crippen molar-refractivity contribution in [3.63, 3.8) is 0 Å². The minimum atomic E-state index is -1.23. The van der Waals surface area contributed by atoms with Gasteiger partial charge in [-0.05, 0) is 26.0 Å². The number of carbonyl (C=O) groups is 3. The van der Waals surface area contributed by atoms with Crippen molar-refractivity contribution in [2.75, 3.05) is 26.7 Å². The molecule has 0 spiro atoms. The van der Waals surface area contributed by atoms with E-state index in [2.05, 4.69) is 4.98 Å². The number of aromatic nitrogens is 1. The summed E-state index contributed by atoms with van der Waals surface area (Å²) in [5.41, 5.74) is -0.343. The van der Waals surface area contributed by atoms with Crippen molar-refractivity contribution < 1.29 is 19.5 Å². The van der Waals surface area contributed by atoms with E-state index >= 15 is 0 Å². The van der Waals surface area contributed by atoms with Crippen molar-refractivity contribution in [2.45, 2.75) is 13.8 Å². The van der Waals surface area contributed by atoms with Crippen LogP contribution in [0.1, 0.15) is 34.7 Å². The van der Waals surface area contributed by atoms with E-state index < -0.39 is 11.9 Å². The first-order valence-corrected chi connectivity index (χ1v) is 6.63. The van der Waals surface area contributed by atoms with Gasteiger partial charge in [0.1, 0.15) is 5.69 Å². The summed E-state index contributed by atoms with van der Waals surface area (Å²) >= 11 is 0. The molecule has 1 aromatic heterocycles. The van der Waals surface area contributed by atoms with Crippen LogP contribution in [0.4, 0.5) is 0 Å². The molecule has 1 rings (SSSR count). The summed E-state index contributed by atoms with van der Waals surface area (Å²) < 4.78 is 0. The first-order valence-electron chi connectivity index (χ1n) is 6.63. The topological polar surface area (TPSA) is 90.8 Å². The van der Waals surface area contributed by atoms with E-state index in [0.717, 1.165) is 0 Å². The number of carboxylic acid groups (broad SMARTS) is 1. The van der Waals surface area contributed by atoms with Gasteiger partial charge in [-0.25, -0.2) is 4.79 Å². The minimum Gasteiger partial charge on any atom is -0.478 e. The molecule has 1 N–H and O–H groups in total. The summed E-state index contributed by atoms with van der Waals surface area (Å²) in [6, 6.07) is 2.75. The van der Waals surface area contributed by atoms with Gasteiger partial charge in [0.2, 0.25) is 5.91 Å². The quantitative estimate of drug-likeness (QED) is 0.834. The van der Waals surface area contributed by atoms with E-state index in [1.807, 2.05) is 13.8 Å². The van der Waals surface area contributed by atoms with Crippen LogP contribution < -0.4 is 0 Å². The second kappa shape index (κ2) is 7.37. The number of hydrogen-bond acceptors (Lipinski definition) is 4. The predicted octanol–water partition coefficient (Wildman–Crippen LogP) is 0.720. The van der Waals surface area contributed by atoms with Crippen LogP contribution in [0, 0.1) is 0 Å². The molecule has 0 saturated carbocycles. The highest BCUT2D eigenvalue weighted by molar-refractivity contribution is 6.03. The van der Waals surface area contributed by atoms with Crippen LogP contribution in [0.15, 0.2) is 18.3 Å². The van der Waals surface area contributed by atoms with E-state index in [4.69, 9.17) is 5.11 Å². The maximum absolute atomic E-state index is 12.2. The molecule has 0 atom stereocenters. The number of amides is 2. The molecule has 0 aromatic carbocycles. The predicted molar refractivity (Wildman–Crippen MR) is 76.1 cm³/mol. The third kappa shape index (κ3) is 4.01. The molecule has 114 valence electrons. The Balaban J connectivity index is 2.89. The largest absolute Gasteiger partial charge is 0.478 e. The van der Waals surface area contributed by atoms with E-state index in [9.17, 15) is 14.4 Å². The smallest absolute Gasteiger partial charge is 0.338 e. The third-order valence-corrected chi connectivity index (χ3v) is 3.08. The number of hydrogen-bond donors (Lipinski definition) is 1. The maximum Gasteiger partial charge on any atom is 0.338 e. The molecule has 21 heavy (non-hydrogen) atoms. The zero-order valence-corrected chi connectivity index (χ0v) is 12.4. The van der Waals surface area contributed by atoms with E-state index in [1.165, 1.54) is 30.3 Å². The number of aromatic carboxylic acids is 1. The van der Waals surface area contributed by atoms with Crippen LogP contribution in [0.3, 0.4) is 0 Å². The molecule has 0 aliphatic carbocycles. The SMILES string of the molecule is CCN(CC)C(=O)CN(C)C(=O)c1ncccc1C(=O)O. The Hall–Kier alpha value is -2.44. The molecule has 1 aromatic rings. The summed E-state index contributed by atoms with van der Waals surface area (Å²) in [6.07, 6.45) is 1.35. The average Bonchev–Trinajstić information content (AvgIpc) is 2.47. The summed E-state index contributed by atoms with van der Waals surface area (Å²) in [4.78, 5) is 41.9. The first kappa shape index (κ1) is 16.6. The van der Waals surface area contributed by atoms with Gasteiger partial charge in [-0.2, -0.15) is 0 Å². The molecule has 0 radical (unpaired) electrons. The second-order valence-electron chi connectivity index (χ2n) is 4.43. The lowest BCUT2D eigenvalue weighted by molar-refractivity contribution is -0.131. The molecular weight excluding hydrogens is 274 g/mol. The Morgan fingerprint density at radius 1 is 1.24 bits per heavy atom. The van der Waals surface area contributed by atoms with Crippen LogP contribution in [0.2, 0.25) is 0 Å². The van der Waals surface area contributed by atoms with E-state index in [1.54, 1.807) is 4.90 Å². The normalized spacial score (nSPS) is 10.0. The van der Waals surface area contributed by atoms with E-state index in [0.29, 0.717) is 13.1 Å². The summed E-state index contributed by atoms with van der Waals surface area (Å²) in [6.45, 7) is 4.70. The second-order valence-corrected chi connectivity index (χ2v) is 4.43. The fourth-order valence-electron chi connectivity index (χ4n) is 1.88. The highest BCUT2D eigenvalue weighted by atomic mass is 16.4. The van der Waals surface area contributed by atoms with Gasteiger partial charge in [0.15, 0.2) is 0 Å². The molecule has 2 amide bonds. The number of nitrogens with zero attached hydrogens (tertiary/aromatic N) is 3. The zero-order valence-electron chi connectivity index (χ0n) is 12.4. The Morgan fingerprint density at radius 3 is 2.38 bits per heavy atom. The fourth-order valence-corrected chi connectivity index (χ4v) is 1.88. The molecule has 0 saturated heterocycles. The Labute approximate surface area is 123 Å². The standard InChI is InChI=1S/C14H19N3O4/c1-4-17(5-2)11(18)9-16(3)13(19)12-10(14(20)21)7-6-8-15-12/h6-8H,4-5,9H2,1-3H3,(H,20,21). The van der Waals surface area contributed by atoms with Crippen molar-refractivity contribution in [2.24, 2.45) is 0 Å². The van der Waals surface area contributed by atoms with Crippen molar-refractivity contribution >= 4 is 17.8 Å². The van der Waals surface area contributed by atoms with Gasteiger partial charge >= 0.3 is 5.97 Å². The van der Waals surface area contributed by atoms with Crippen LogP contribution in [0.5, 0.6) is 0 Å². The molecule has 7 nitrogen and oxygen atoms in total. The molecule has 0 unspecified atom stereocenters. The van der Waals surface area contributed by atoms with Gasteiger partial charge in [-0.1, -0.05) is 0 Å². The highest BCUT2D eigenvalue weighted by Crippen LogP contribution is 2.08. The number of carbonyl (C=O) groups excluding carboxylic acids is 2. The fraction of sp³-hybridized carbons (Fsp3) is 0.429. The van der Waals surface area contributed by atoms with Crippen molar-refractivity contribution in [1.82, 2.24) is 14.8 Å². The molecule has 7 heteroatoms. The zero-order chi connectivity index (χ0) is 16.0. The lowest BCUT2D eigenvalue weighted by Gasteiger charge is -2.23. The Kier molecular flexibility index (Phi) is 5.83. The van der Waals surface area contributed by atoms with Gasteiger partial charge in [0, 0.05) is 26.3 Å². The number of pyridine rings is 1. The highest BCUT2D eigenvalue weighted by Gasteiger charge is 2.23. The van der Waals surface area contributed by atoms with Crippen LogP contribution in [0.25, 0.3) is 0 Å². The minimum absolute atomic E-state index is 0.115. The Morgan fingerprint density at radius 2 is 1.86 bits per heavy atom. The molecule has 0 fully saturated rings. The molecule has 0 aliphatic rings. The Bertz CT molecular complexity index is 541. The van der Waals surface area contributed by atoms with E-state index in [-0.39, 0.29) is 23.7 Å². The molecule has 0 bridgehead atoms. The molecule has 1 heterocycles. The van der Waals surface area contributed by atoms with Crippen LogP contribution >= 0.6 is 0 Å². The monoisotopic (exact) mass is 293 g/mol. The first-order chi connectivity index (χ1) is 9.92. The van der Waals surface area contributed by atoms with Gasteiger partial charge in [0.25, 0.3) is 5.91 Å². The van der Waals surface area contributed by atoms with Crippen LogP contribution in [-0.2, 0) is 4.79 Å². The lowest BCUT2D eigenvalue weighted by atomic mass is 10.2. The molecule has 0 aliphatic heterocycles. The van der Waals surface area contributed by atoms with Crippen molar-refractivity contribution in [3.8, 4) is 0 Å². The third-order valence-electron chi connectivity index (χ3n) is 3.08. The summed E-state index contributed by atoms with van der Waals surface area (Å²) in [5.74, 6) is -2.01. The average molecular weight is 293 g/mol. The van der Waals surface area contributed by atoms with Crippen LogP contribution in [-0.4, -0.2) is 64.4 Å². The number of rotatable bonds is 6. The van der Waals surface area contributed by atoms with Gasteiger partial charge in [0.05, 0.1) is 12.1 Å². The van der Waals surface area contributed by atoms with Crippen molar-refractivity contribution in [3.05, 3.63) is 29.6 Å². The maximum atomic E-state index is 12.2. The van der Waals surface area contributed by atoms with Gasteiger partial charge in [-0.3, -0.25) is 14.6 Å². The van der Waals surface area contributed by atoms with Crippen molar-refractivity contribution in [1.29, 1.82) is 0 Å². The number of likely N-dealkylation sites (N-methyl/N-ethyl adjacent to an activating group) is 2. The number of carboxylic acids is 1. The summed E-state index contributed by atoms with van der Waals surface area (Å²) in [7, 11) is 1.45. The lowest BCUT2D eigenvalue weighted by Crippen LogP contribution is -2.41. The molecular formula is C14H19N3O4. The summed E-state index contributed by atoms with van der Waals surface area (Å²) in [5, 5.41) is 9.06. The van der Waals surface area contributed by atoms with Gasteiger partial charge < -0.3 is 14.9 Å². The van der Waals surface area contributed by atoms with Gasteiger partial charge in [-0.15, -0.1) is 0 Å².